The van der Waals surface area contributed by atoms with Gasteiger partial charge in [-0.15, -0.1) is 0 Å². The van der Waals surface area contributed by atoms with Crippen molar-refractivity contribution in [1.29, 1.82) is 0 Å². The van der Waals surface area contributed by atoms with Crippen molar-refractivity contribution in [3.8, 4) is 0 Å². The SMILES string of the molecule is CCCCCCCCCC/C=C\CCCCCCCCCCCC(=O)NC(COP(=O)([O-])OCC[N+](C)(C)C)C(O)/C=C/CCCCCCCCCCCCCCCC. The Labute approximate surface area is 366 Å². The van der Waals surface area contributed by atoms with Gasteiger partial charge in [0.2, 0.25) is 5.91 Å². The summed E-state index contributed by atoms with van der Waals surface area (Å²) in [6.45, 7) is 4.66. The highest BCUT2D eigenvalue weighted by Crippen LogP contribution is 2.38. The van der Waals surface area contributed by atoms with Crippen LogP contribution >= 0.6 is 7.82 Å². The zero-order valence-electron chi connectivity index (χ0n) is 39.7. The van der Waals surface area contributed by atoms with Crippen LogP contribution in [-0.4, -0.2) is 68.5 Å². The Balaban J connectivity index is 4.30. The minimum absolute atomic E-state index is 0.0000260. The maximum Gasteiger partial charge on any atom is 0.268 e. The third kappa shape index (κ3) is 44.8. The molecule has 0 aromatic carbocycles. The molecule has 0 aliphatic carbocycles. The van der Waals surface area contributed by atoms with Crippen molar-refractivity contribution in [3.05, 3.63) is 24.3 Å². The minimum atomic E-state index is -4.59. The fourth-order valence-corrected chi connectivity index (χ4v) is 8.11. The van der Waals surface area contributed by atoms with Crippen LogP contribution in [0.3, 0.4) is 0 Å². The van der Waals surface area contributed by atoms with Gasteiger partial charge in [0, 0.05) is 6.42 Å². The van der Waals surface area contributed by atoms with Gasteiger partial charge < -0.3 is 28.8 Å². The first-order chi connectivity index (χ1) is 28.5. The van der Waals surface area contributed by atoms with Crippen molar-refractivity contribution in [2.75, 3.05) is 40.9 Å². The topological polar surface area (TPSA) is 108 Å². The molecule has 350 valence electrons. The van der Waals surface area contributed by atoms with Crippen molar-refractivity contribution >= 4 is 13.7 Å². The first-order valence-electron chi connectivity index (χ1n) is 25.2. The molecule has 0 fully saturated rings. The van der Waals surface area contributed by atoms with Crippen LogP contribution in [0.15, 0.2) is 24.3 Å². The lowest BCUT2D eigenvalue weighted by molar-refractivity contribution is -0.870. The van der Waals surface area contributed by atoms with E-state index in [2.05, 4.69) is 31.3 Å². The summed E-state index contributed by atoms with van der Waals surface area (Å²) in [4.78, 5) is 25.4. The molecule has 0 aliphatic rings. The van der Waals surface area contributed by atoms with Gasteiger partial charge in [-0.2, -0.15) is 0 Å². The number of hydrogen-bond donors (Lipinski definition) is 2. The molecule has 0 aromatic rings. The lowest BCUT2D eigenvalue weighted by atomic mass is 10.0. The number of aliphatic hydroxyl groups is 1. The van der Waals surface area contributed by atoms with Crippen molar-refractivity contribution in [1.82, 2.24) is 5.32 Å². The standard InChI is InChI=1S/C50H99N2O6P/c1-6-8-10-12-14-16-18-20-22-24-25-26-27-28-30-32-34-36-38-40-42-44-50(54)51-48(47-58-59(55,56)57-46-45-52(3,4)5)49(53)43-41-39-37-35-33-31-29-23-21-19-17-15-13-11-9-7-2/h24-25,41,43,48-49,53H,6-23,26-40,42,44-47H2,1-5H3,(H-,51,54,55,56)/b25-24-,43-41+. The lowest BCUT2D eigenvalue weighted by Crippen LogP contribution is -2.45. The molecule has 3 unspecified atom stereocenters. The molecule has 1 amide bonds. The van der Waals surface area contributed by atoms with E-state index >= 15 is 0 Å². The Morgan fingerprint density at radius 1 is 0.576 bits per heavy atom. The summed E-state index contributed by atoms with van der Waals surface area (Å²) < 4.78 is 23.3. The highest BCUT2D eigenvalue weighted by molar-refractivity contribution is 7.45. The molecule has 0 bridgehead atoms. The Bertz CT molecular complexity index is 1020. The molecule has 3 atom stereocenters. The fourth-order valence-electron chi connectivity index (χ4n) is 7.38. The maximum atomic E-state index is 12.9. The molecular weight excluding hydrogens is 756 g/mol. The summed E-state index contributed by atoms with van der Waals surface area (Å²) in [7, 11) is 1.27. The zero-order valence-corrected chi connectivity index (χ0v) is 40.6. The van der Waals surface area contributed by atoms with Crippen LogP contribution < -0.4 is 10.2 Å². The van der Waals surface area contributed by atoms with E-state index in [1.165, 1.54) is 180 Å². The third-order valence-electron chi connectivity index (χ3n) is 11.4. The second-order valence-electron chi connectivity index (χ2n) is 18.5. The van der Waals surface area contributed by atoms with Crippen LogP contribution in [-0.2, 0) is 18.4 Å². The van der Waals surface area contributed by atoms with Gasteiger partial charge in [0.15, 0.2) is 0 Å². The largest absolute Gasteiger partial charge is 0.756 e. The number of rotatable bonds is 46. The van der Waals surface area contributed by atoms with Crippen molar-refractivity contribution in [3.63, 3.8) is 0 Å². The third-order valence-corrected chi connectivity index (χ3v) is 12.4. The molecular formula is C50H99N2O6P. The smallest absolute Gasteiger partial charge is 0.268 e. The van der Waals surface area contributed by atoms with E-state index in [4.69, 9.17) is 9.05 Å². The molecule has 0 aliphatic heterocycles. The highest BCUT2D eigenvalue weighted by atomic mass is 31.2. The van der Waals surface area contributed by atoms with Crippen LogP contribution in [0.5, 0.6) is 0 Å². The average Bonchev–Trinajstić information content (AvgIpc) is 3.19. The molecule has 0 heterocycles. The summed E-state index contributed by atoms with van der Waals surface area (Å²) in [6.07, 6.45) is 50.8. The number of nitrogens with one attached hydrogen (secondary N) is 1. The number of quaternary nitrogens is 1. The molecule has 59 heavy (non-hydrogen) atoms. The normalized spacial score (nSPS) is 14.4. The molecule has 0 spiro atoms. The predicted molar refractivity (Wildman–Crippen MR) is 252 cm³/mol. The van der Waals surface area contributed by atoms with Gasteiger partial charge in [0.25, 0.3) is 7.82 Å². The number of likely N-dealkylation sites (N-methyl/N-ethyl adjacent to an activating group) is 1. The van der Waals surface area contributed by atoms with Gasteiger partial charge in [-0.1, -0.05) is 212 Å². The Morgan fingerprint density at radius 3 is 1.32 bits per heavy atom. The van der Waals surface area contributed by atoms with Crippen molar-refractivity contribution < 1.29 is 32.9 Å². The summed E-state index contributed by atoms with van der Waals surface area (Å²) in [5, 5.41) is 13.8. The second-order valence-corrected chi connectivity index (χ2v) is 19.9. The van der Waals surface area contributed by atoms with E-state index in [1.54, 1.807) is 6.08 Å². The summed E-state index contributed by atoms with van der Waals surface area (Å²) in [5.74, 6) is -0.198. The van der Waals surface area contributed by atoms with Crippen LogP contribution in [0.25, 0.3) is 0 Å². The molecule has 0 saturated heterocycles. The summed E-state index contributed by atoms with van der Waals surface area (Å²) >= 11 is 0. The van der Waals surface area contributed by atoms with Gasteiger partial charge in [0.05, 0.1) is 39.9 Å². The average molecular weight is 855 g/mol. The van der Waals surface area contributed by atoms with Gasteiger partial charge in [0.1, 0.15) is 13.2 Å². The van der Waals surface area contributed by atoms with Crippen LogP contribution in [0.1, 0.15) is 239 Å². The first-order valence-corrected chi connectivity index (χ1v) is 26.7. The summed E-state index contributed by atoms with van der Waals surface area (Å²) in [5.41, 5.74) is 0. The first kappa shape index (κ1) is 58.0. The van der Waals surface area contributed by atoms with Gasteiger partial charge in [-0.25, -0.2) is 0 Å². The number of aliphatic hydroxyl groups excluding tert-OH is 1. The fraction of sp³-hybridized carbons (Fsp3) is 0.900. The number of carbonyl (C=O) groups excluding carboxylic acids is 1. The van der Waals surface area contributed by atoms with E-state index in [1.807, 2.05) is 27.2 Å². The maximum absolute atomic E-state index is 12.9. The zero-order chi connectivity index (χ0) is 43.6. The van der Waals surface area contributed by atoms with E-state index in [0.29, 0.717) is 17.4 Å². The Hall–Kier alpha value is -1.02. The number of carbonyl (C=O) groups is 1. The van der Waals surface area contributed by atoms with E-state index in [9.17, 15) is 19.4 Å². The predicted octanol–water partition coefficient (Wildman–Crippen LogP) is 13.8. The number of amides is 1. The number of phosphoric ester groups is 1. The molecule has 8 nitrogen and oxygen atoms in total. The van der Waals surface area contributed by atoms with Gasteiger partial charge >= 0.3 is 0 Å². The van der Waals surface area contributed by atoms with E-state index in [-0.39, 0.29) is 19.1 Å². The minimum Gasteiger partial charge on any atom is -0.756 e. The molecule has 0 radical (unpaired) electrons. The number of phosphoric acid groups is 1. The van der Waals surface area contributed by atoms with Crippen molar-refractivity contribution in [2.24, 2.45) is 0 Å². The molecule has 0 aromatic heterocycles. The van der Waals surface area contributed by atoms with Gasteiger partial charge in [-0.05, 0) is 44.9 Å². The number of unbranched alkanes of at least 4 members (excludes halogenated alkanes) is 31. The molecule has 0 saturated carbocycles. The number of allylic oxidation sites excluding steroid dienone is 3. The lowest BCUT2D eigenvalue weighted by Gasteiger charge is -2.29. The van der Waals surface area contributed by atoms with Crippen molar-refractivity contribution in [2.45, 2.75) is 251 Å². The van der Waals surface area contributed by atoms with Crippen LogP contribution in [0, 0.1) is 0 Å². The number of nitrogens with zero attached hydrogens (tertiary/aromatic N) is 1. The van der Waals surface area contributed by atoms with E-state index in [0.717, 1.165) is 38.5 Å². The monoisotopic (exact) mass is 855 g/mol. The Kier molecular flexibility index (Phi) is 41.6. The second kappa shape index (κ2) is 42.3. The summed E-state index contributed by atoms with van der Waals surface area (Å²) in [6, 6.07) is -0.884. The van der Waals surface area contributed by atoms with Crippen LogP contribution in [0.2, 0.25) is 0 Å². The Morgan fingerprint density at radius 2 is 0.932 bits per heavy atom. The van der Waals surface area contributed by atoms with Crippen LogP contribution in [0.4, 0.5) is 0 Å². The molecule has 0 rings (SSSR count). The van der Waals surface area contributed by atoms with Gasteiger partial charge in [-0.3, -0.25) is 9.36 Å². The molecule has 9 heteroatoms. The quantitative estimate of drug-likeness (QED) is 0.0273. The highest BCUT2D eigenvalue weighted by Gasteiger charge is 2.23. The molecule has 2 N–H and O–H groups in total. The van der Waals surface area contributed by atoms with E-state index < -0.39 is 20.0 Å². The number of hydrogen-bond acceptors (Lipinski definition) is 6.